The Morgan fingerprint density at radius 2 is 2.26 bits per heavy atom. The highest BCUT2D eigenvalue weighted by atomic mass is 19.1. The van der Waals surface area contributed by atoms with Crippen LogP contribution >= 0.6 is 0 Å². The molecule has 1 aromatic rings. The Labute approximate surface area is 113 Å². The van der Waals surface area contributed by atoms with Crippen LogP contribution in [0.25, 0.3) is 0 Å². The van der Waals surface area contributed by atoms with E-state index in [2.05, 4.69) is 16.0 Å². The first-order valence-electron chi connectivity index (χ1n) is 6.57. The smallest absolute Gasteiger partial charge is 0.216 e. The largest absolute Gasteiger partial charge is 0.478 e. The van der Waals surface area contributed by atoms with E-state index in [9.17, 15) is 0 Å². The maximum atomic E-state index is 15.1. The fraction of sp³-hybridized carbons (Fsp3) is 0.467. The van der Waals surface area contributed by atoms with Crippen LogP contribution in [0, 0.1) is 5.92 Å². The highest BCUT2D eigenvalue weighted by Crippen LogP contribution is 2.39. The molecular weight excluding hydrogens is 243 g/mol. The fourth-order valence-corrected chi connectivity index (χ4v) is 2.34. The molecule has 1 aromatic heterocycles. The first-order valence-corrected chi connectivity index (χ1v) is 6.57. The van der Waals surface area contributed by atoms with Crippen LogP contribution in [0.1, 0.15) is 32.9 Å². The van der Waals surface area contributed by atoms with Gasteiger partial charge in [-0.15, -0.1) is 0 Å². The summed E-state index contributed by atoms with van der Waals surface area (Å²) < 4.78 is 20.4. The fourth-order valence-electron chi connectivity index (χ4n) is 2.34. The molecule has 2 atom stereocenters. The van der Waals surface area contributed by atoms with Crippen LogP contribution < -0.4 is 4.74 Å². The average Bonchev–Trinajstić information content (AvgIpc) is 2.40. The third-order valence-electron chi connectivity index (χ3n) is 3.39. The molecule has 0 amide bonds. The summed E-state index contributed by atoms with van der Waals surface area (Å²) in [5.41, 5.74) is -0.505. The lowest BCUT2D eigenvalue weighted by molar-refractivity contribution is 0.215. The molecule has 4 heteroatoms. The van der Waals surface area contributed by atoms with Crippen molar-refractivity contribution in [3.63, 3.8) is 0 Å². The lowest BCUT2D eigenvalue weighted by Gasteiger charge is -2.29. The second-order valence-electron chi connectivity index (χ2n) is 4.86. The molecule has 0 bridgehead atoms. The molecule has 1 aliphatic rings. The van der Waals surface area contributed by atoms with Crippen LogP contribution in [0.2, 0.25) is 0 Å². The zero-order chi connectivity index (χ0) is 13.9. The van der Waals surface area contributed by atoms with E-state index in [1.165, 1.54) is 6.33 Å². The first-order chi connectivity index (χ1) is 9.05. The molecule has 2 rings (SSSR count). The molecule has 0 radical (unpaired) electrons. The zero-order valence-corrected chi connectivity index (χ0v) is 11.6. The maximum Gasteiger partial charge on any atom is 0.216 e. The van der Waals surface area contributed by atoms with Gasteiger partial charge in [-0.25, -0.2) is 14.4 Å². The van der Waals surface area contributed by atoms with E-state index in [-0.39, 0.29) is 5.92 Å². The van der Waals surface area contributed by atoms with Crippen LogP contribution in [0.4, 0.5) is 4.39 Å². The number of aromatic nitrogens is 2. The molecule has 1 heterocycles. The normalized spacial score (nSPS) is 21.7. The van der Waals surface area contributed by atoms with Gasteiger partial charge in [-0.05, 0) is 31.8 Å². The summed E-state index contributed by atoms with van der Waals surface area (Å²) >= 11 is 0. The van der Waals surface area contributed by atoms with Crippen molar-refractivity contribution in [2.45, 2.75) is 32.9 Å². The second-order valence-corrected chi connectivity index (χ2v) is 4.86. The molecule has 0 aliphatic heterocycles. The maximum absolute atomic E-state index is 15.1. The summed E-state index contributed by atoms with van der Waals surface area (Å²) in [6.07, 6.45) is 8.00. The summed E-state index contributed by atoms with van der Waals surface area (Å²) in [6.45, 7) is 5.94. The summed E-state index contributed by atoms with van der Waals surface area (Å²) in [5.74, 6) is 0.585. The Bertz CT molecular complexity index is 509. The molecule has 102 valence electrons. The summed E-state index contributed by atoms with van der Waals surface area (Å²) in [4.78, 5) is 8.05. The van der Waals surface area contributed by atoms with E-state index in [1.807, 2.05) is 26.0 Å². The van der Waals surface area contributed by atoms with E-state index < -0.39 is 5.67 Å². The van der Waals surface area contributed by atoms with Gasteiger partial charge >= 0.3 is 0 Å². The van der Waals surface area contributed by atoms with Gasteiger partial charge < -0.3 is 4.74 Å². The third-order valence-corrected chi connectivity index (χ3v) is 3.39. The van der Waals surface area contributed by atoms with Crippen molar-refractivity contribution in [1.82, 2.24) is 9.97 Å². The molecule has 2 unspecified atom stereocenters. The minimum absolute atomic E-state index is 0.172. The van der Waals surface area contributed by atoms with Crippen molar-refractivity contribution in [2.24, 2.45) is 5.92 Å². The average molecular weight is 262 g/mol. The lowest BCUT2D eigenvalue weighted by Crippen LogP contribution is -2.25. The summed E-state index contributed by atoms with van der Waals surface area (Å²) in [6, 6.07) is 1.58. The standard InChI is InChI=1S/C15H19FN2O/c1-4-19-14-9-13(17-10-18-14)15(3,16)12-8-6-5-7-11(12)2/h5-6,8-11H,4,7H2,1-3H3. The first kappa shape index (κ1) is 13.7. The van der Waals surface area contributed by atoms with Crippen molar-refractivity contribution in [2.75, 3.05) is 6.61 Å². The van der Waals surface area contributed by atoms with Crippen LogP contribution in [-0.2, 0) is 5.67 Å². The van der Waals surface area contributed by atoms with Gasteiger partial charge in [0.2, 0.25) is 5.88 Å². The number of hydrogen-bond donors (Lipinski definition) is 0. The Morgan fingerprint density at radius 3 is 2.95 bits per heavy atom. The molecule has 0 saturated heterocycles. The van der Waals surface area contributed by atoms with Crippen LogP contribution in [0.15, 0.2) is 36.2 Å². The molecule has 0 spiro atoms. The van der Waals surface area contributed by atoms with E-state index in [4.69, 9.17) is 4.74 Å². The topological polar surface area (TPSA) is 35.0 Å². The number of allylic oxidation sites excluding steroid dienone is 4. The molecular formula is C15H19FN2O. The van der Waals surface area contributed by atoms with Gasteiger partial charge in [-0.2, -0.15) is 0 Å². The Balaban J connectivity index is 2.35. The molecule has 19 heavy (non-hydrogen) atoms. The van der Waals surface area contributed by atoms with Gasteiger partial charge in [0.25, 0.3) is 0 Å². The summed E-state index contributed by atoms with van der Waals surface area (Å²) in [5, 5.41) is 0. The van der Waals surface area contributed by atoms with E-state index in [1.54, 1.807) is 13.0 Å². The van der Waals surface area contributed by atoms with Crippen LogP contribution in [-0.4, -0.2) is 16.6 Å². The zero-order valence-electron chi connectivity index (χ0n) is 11.6. The number of hydrogen-bond acceptors (Lipinski definition) is 3. The quantitative estimate of drug-likeness (QED) is 0.831. The van der Waals surface area contributed by atoms with Gasteiger partial charge in [0.15, 0.2) is 5.67 Å². The summed E-state index contributed by atoms with van der Waals surface area (Å²) in [7, 11) is 0. The van der Waals surface area contributed by atoms with Gasteiger partial charge in [0, 0.05) is 6.07 Å². The molecule has 0 aromatic carbocycles. The monoisotopic (exact) mass is 262 g/mol. The second kappa shape index (κ2) is 5.51. The number of alkyl halides is 1. The lowest BCUT2D eigenvalue weighted by atomic mass is 9.81. The predicted molar refractivity (Wildman–Crippen MR) is 72.7 cm³/mol. The SMILES string of the molecule is CCOc1cc(C(C)(F)C2=CC=CCC2C)ncn1. The van der Waals surface area contributed by atoms with Crippen LogP contribution in [0.5, 0.6) is 5.88 Å². The van der Waals surface area contributed by atoms with Gasteiger partial charge in [-0.1, -0.05) is 25.2 Å². The number of nitrogens with zero attached hydrogens (tertiary/aromatic N) is 2. The minimum Gasteiger partial charge on any atom is -0.478 e. The Morgan fingerprint density at radius 1 is 1.47 bits per heavy atom. The van der Waals surface area contributed by atoms with E-state index >= 15 is 4.39 Å². The highest BCUT2D eigenvalue weighted by molar-refractivity contribution is 5.34. The molecule has 3 nitrogen and oxygen atoms in total. The van der Waals surface area contributed by atoms with Crippen LogP contribution in [0.3, 0.4) is 0 Å². The van der Waals surface area contributed by atoms with Gasteiger partial charge in [0.1, 0.15) is 6.33 Å². The van der Waals surface area contributed by atoms with Gasteiger partial charge in [-0.3, -0.25) is 0 Å². The molecule has 1 aliphatic carbocycles. The minimum atomic E-state index is -1.60. The number of rotatable bonds is 4. The van der Waals surface area contributed by atoms with Crippen molar-refractivity contribution in [3.8, 4) is 5.88 Å². The number of halogens is 1. The van der Waals surface area contributed by atoms with Crippen molar-refractivity contribution < 1.29 is 9.13 Å². The Hall–Kier alpha value is -1.71. The number of ether oxygens (including phenoxy) is 1. The van der Waals surface area contributed by atoms with Crippen molar-refractivity contribution in [1.29, 1.82) is 0 Å². The predicted octanol–water partition coefficient (Wildman–Crippen LogP) is 3.58. The van der Waals surface area contributed by atoms with Gasteiger partial charge in [0.05, 0.1) is 12.3 Å². The van der Waals surface area contributed by atoms with E-state index in [0.717, 1.165) is 12.0 Å². The van der Waals surface area contributed by atoms with Crippen molar-refractivity contribution in [3.05, 3.63) is 41.9 Å². The van der Waals surface area contributed by atoms with Crippen molar-refractivity contribution >= 4 is 0 Å². The third kappa shape index (κ3) is 2.83. The highest BCUT2D eigenvalue weighted by Gasteiger charge is 2.35. The Kier molecular flexibility index (Phi) is 3.98. The molecule has 0 fully saturated rings. The van der Waals surface area contributed by atoms with E-state index in [0.29, 0.717) is 18.2 Å². The molecule has 0 saturated carbocycles. The molecule has 0 N–H and O–H groups in total.